The van der Waals surface area contributed by atoms with Gasteiger partial charge in [0.1, 0.15) is 6.04 Å². The highest BCUT2D eigenvalue weighted by Crippen LogP contribution is 2.10. The Labute approximate surface area is 131 Å². The predicted molar refractivity (Wildman–Crippen MR) is 90.1 cm³/mol. The second-order valence-electron chi connectivity index (χ2n) is 5.57. The fourth-order valence-corrected chi connectivity index (χ4v) is 3.08. The standard InChI is InChI=1S/C16H23N3OS/c1-3-19-10-4-5-15(19)11-17-16(21)18-14-8-6-13(7-9-14)12(2)20/h6-9,15H,3-5,10-11H2,1-2H3,(H2,17,18,21)/p+1/t15-/m1/s1. The number of thiocarbonyl (C=S) groups is 1. The topological polar surface area (TPSA) is 45.6 Å². The van der Waals surface area contributed by atoms with Gasteiger partial charge in [-0.3, -0.25) is 4.79 Å². The molecule has 0 bridgehead atoms. The summed E-state index contributed by atoms with van der Waals surface area (Å²) in [5, 5.41) is 7.12. The van der Waals surface area contributed by atoms with Gasteiger partial charge in [-0.2, -0.15) is 0 Å². The summed E-state index contributed by atoms with van der Waals surface area (Å²) in [5.41, 5.74) is 1.62. The van der Waals surface area contributed by atoms with E-state index in [-0.39, 0.29) is 5.78 Å². The van der Waals surface area contributed by atoms with Gasteiger partial charge in [0.05, 0.1) is 19.6 Å². The molecule has 1 aromatic rings. The summed E-state index contributed by atoms with van der Waals surface area (Å²) in [6.45, 7) is 7.17. The predicted octanol–water partition coefficient (Wildman–Crippen LogP) is 1.24. The van der Waals surface area contributed by atoms with E-state index in [4.69, 9.17) is 12.2 Å². The summed E-state index contributed by atoms with van der Waals surface area (Å²) in [6, 6.07) is 8.05. The number of anilines is 1. The van der Waals surface area contributed by atoms with Crippen molar-refractivity contribution in [2.45, 2.75) is 32.7 Å². The molecule has 3 N–H and O–H groups in total. The van der Waals surface area contributed by atoms with Crippen LogP contribution in [-0.4, -0.2) is 36.6 Å². The van der Waals surface area contributed by atoms with Crippen molar-refractivity contribution >= 4 is 28.8 Å². The number of nitrogens with one attached hydrogen (secondary N) is 3. The first kappa shape index (κ1) is 15.9. The van der Waals surface area contributed by atoms with E-state index in [0.717, 1.165) is 12.2 Å². The number of likely N-dealkylation sites (tertiary alicyclic amines) is 1. The molecule has 0 spiro atoms. The number of quaternary nitrogens is 1. The quantitative estimate of drug-likeness (QED) is 0.566. The van der Waals surface area contributed by atoms with Crippen LogP contribution in [0.5, 0.6) is 0 Å². The fraction of sp³-hybridized carbons (Fsp3) is 0.500. The molecule has 1 fully saturated rings. The lowest BCUT2D eigenvalue weighted by Crippen LogP contribution is -3.14. The summed E-state index contributed by atoms with van der Waals surface area (Å²) >= 11 is 5.33. The van der Waals surface area contributed by atoms with Crippen molar-refractivity contribution in [1.29, 1.82) is 0 Å². The first-order valence-corrected chi connectivity index (χ1v) is 8.01. The van der Waals surface area contributed by atoms with Gasteiger partial charge in [-0.15, -0.1) is 0 Å². The first-order chi connectivity index (χ1) is 10.1. The molecule has 5 heteroatoms. The van der Waals surface area contributed by atoms with Gasteiger partial charge in [0, 0.05) is 24.1 Å². The molecule has 2 rings (SSSR count). The number of hydrogen-bond donors (Lipinski definition) is 3. The average molecular weight is 306 g/mol. The maximum absolute atomic E-state index is 11.2. The van der Waals surface area contributed by atoms with Crippen LogP contribution in [-0.2, 0) is 0 Å². The number of rotatable bonds is 5. The monoisotopic (exact) mass is 306 g/mol. The summed E-state index contributed by atoms with van der Waals surface area (Å²) in [4.78, 5) is 12.9. The number of hydrogen-bond acceptors (Lipinski definition) is 2. The van der Waals surface area contributed by atoms with Crippen molar-refractivity contribution < 1.29 is 9.69 Å². The fourth-order valence-electron chi connectivity index (χ4n) is 2.88. The third-order valence-corrected chi connectivity index (χ3v) is 4.39. The van der Waals surface area contributed by atoms with Crippen LogP contribution in [0.15, 0.2) is 24.3 Å². The Balaban J connectivity index is 1.80. The van der Waals surface area contributed by atoms with Crippen LogP contribution in [0.3, 0.4) is 0 Å². The van der Waals surface area contributed by atoms with Crippen molar-refractivity contribution in [3.05, 3.63) is 29.8 Å². The molecule has 0 aromatic heterocycles. The minimum atomic E-state index is 0.0751. The Morgan fingerprint density at radius 1 is 1.38 bits per heavy atom. The molecule has 1 aliphatic heterocycles. The highest BCUT2D eigenvalue weighted by molar-refractivity contribution is 7.80. The Bertz CT molecular complexity index is 501. The van der Waals surface area contributed by atoms with E-state index in [1.165, 1.54) is 25.9 Å². The summed E-state index contributed by atoms with van der Waals surface area (Å²) in [6.07, 6.45) is 2.58. The zero-order chi connectivity index (χ0) is 15.2. The van der Waals surface area contributed by atoms with Gasteiger partial charge in [0.2, 0.25) is 0 Å². The van der Waals surface area contributed by atoms with Gasteiger partial charge in [0.15, 0.2) is 10.9 Å². The first-order valence-electron chi connectivity index (χ1n) is 7.60. The molecule has 0 radical (unpaired) electrons. The lowest BCUT2D eigenvalue weighted by Gasteiger charge is -2.21. The highest BCUT2D eigenvalue weighted by atomic mass is 32.1. The normalized spacial score (nSPS) is 21.0. The third kappa shape index (κ3) is 4.51. The zero-order valence-corrected chi connectivity index (χ0v) is 13.6. The Morgan fingerprint density at radius 3 is 2.71 bits per heavy atom. The maximum atomic E-state index is 11.2. The van der Waals surface area contributed by atoms with Crippen LogP contribution in [0.1, 0.15) is 37.0 Å². The Kier molecular flexibility index (Phi) is 5.70. The van der Waals surface area contributed by atoms with Crippen LogP contribution in [0.2, 0.25) is 0 Å². The second-order valence-corrected chi connectivity index (χ2v) is 5.98. The van der Waals surface area contributed by atoms with Gasteiger partial charge in [-0.05, 0) is 50.3 Å². The van der Waals surface area contributed by atoms with Crippen molar-refractivity contribution in [2.75, 3.05) is 25.0 Å². The molecule has 21 heavy (non-hydrogen) atoms. The number of carbonyl (C=O) groups is 1. The van der Waals surface area contributed by atoms with Crippen molar-refractivity contribution in [2.24, 2.45) is 0 Å². The van der Waals surface area contributed by atoms with Crippen LogP contribution >= 0.6 is 12.2 Å². The van der Waals surface area contributed by atoms with Crippen LogP contribution in [0, 0.1) is 0 Å². The molecule has 114 valence electrons. The largest absolute Gasteiger partial charge is 0.356 e. The van der Waals surface area contributed by atoms with E-state index in [1.807, 2.05) is 24.3 Å². The number of likely N-dealkylation sites (N-methyl/N-ethyl adjacent to an activating group) is 1. The highest BCUT2D eigenvalue weighted by Gasteiger charge is 2.26. The van der Waals surface area contributed by atoms with Gasteiger partial charge in [0.25, 0.3) is 0 Å². The van der Waals surface area contributed by atoms with E-state index in [9.17, 15) is 4.79 Å². The summed E-state index contributed by atoms with van der Waals surface area (Å²) < 4.78 is 0. The zero-order valence-electron chi connectivity index (χ0n) is 12.7. The van der Waals surface area contributed by atoms with Crippen LogP contribution in [0.4, 0.5) is 5.69 Å². The Hall–Kier alpha value is -1.46. The smallest absolute Gasteiger partial charge is 0.170 e. The van der Waals surface area contributed by atoms with E-state index in [2.05, 4.69) is 17.6 Å². The lowest BCUT2D eigenvalue weighted by molar-refractivity contribution is -0.909. The van der Waals surface area contributed by atoms with Crippen LogP contribution < -0.4 is 15.5 Å². The lowest BCUT2D eigenvalue weighted by atomic mass is 10.1. The molecule has 0 saturated carbocycles. The molecule has 0 amide bonds. The second kappa shape index (κ2) is 7.52. The molecule has 1 unspecified atom stereocenters. The van der Waals surface area contributed by atoms with E-state index < -0.39 is 0 Å². The molecule has 0 aliphatic carbocycles. The molecular weight excluding hydrogens is 282 g/mol. The van der Waals surface area contributed by atoms with E-state index in [1.54, 1.807) is 11.8 Å². The molecule has 1 aromatic carbocycles. The summed E-state index contributed by atoms with van der Waals surface area (Å²) in [7, 11) is 0. The van der Waals surface area contributed by atoms with Crippen LogP contribution in [0.25, 0.3) is 0 Å². The van der Waals surface area contributed by atoms with Crippen molar-refractivity contribution in [1.82, 2.24) is 5.32 Å². The Morgan fingerprint density at radius 2 is 2.10 bits per heavy atom. The molecular formula is C16H24N3OS+. The average Bonchev–Trinajstić information content (AvgIpc) is 2.93. The van der Waals surface area contributed by atoms with Gasteiger partial charge in [-0.1, -0.05) is 0 Å². The van der Waals surface area contributed by atoms with Gasteiger partial charge < -0.3 is 15.5 Å². The molecule has 2 atom stereocenters. The van der Waals surface area contributed by atoms with E-state index >= 15 is 0 Å². The number of Topliss-reactive ketones (excluding diaryl/α,β-unsaturated/α-hetero) is 1. The number of carbonyl (C=O) groups excluding carboxylic acids is 1. The van der Waals surface area contributed by atoms with Gasteiger partial charge in [-0.25, -0.2) is 0 Å². The molecule has 4 nitrogen and oxygen atoms in total. The molecule has 1 heterocycles. The minimum Gasteiger partial charge on any atom is -0.356 e. The number of benzene rings is 1. The van der Waals surface area contributed by atoms with Crippen molar-refractivity contribution in [3.63, 3.8) is 0 Å². The van der Waals surface area contributed by atoms with Gasteiger partial charge >= 0.3 is 0 Å². The minimum absolute atomic E-state index is 0.0751. The van der Waals surface area contributed by atoms with Crippen molar-refractivity contribution in [3.8, 4) is 0 Å². The number of ketones is 1. The molecule has 1 aliphatic rings. The maximum Gasteiger partial charge on any atom is 0.170 e. The van der Waals surface area contributed by atoms with E-state index in [0.29, 0.717) is 16.7 Å². The SMILES string of the molecule is CC[NH+]1CCC[C@@H]1CNC(=S)Nc1ccc(C(C)=O)cc1. The summed E-state index contributed by atoms with van der Waals surface area (Å²) in [5.74, 6) is 0.0751. The third-order valence-electron chi connectivity index (χ3n) is 4.14. The molecule has 1 saturated heterocycles.